The van der Waals surface area contributed by atoms with Crippen LogP contribution in [0.15, 0.2) is 58.1 Å². The van der Waals surface area contributed by atoms with Crippen molar-refractivity contribution in [2.24, 2.45) is 7.05 Å². The highest BCUT2D eigenvalue weighted by Crippen LogP contribution is 2.17. The van der Waals surface area contributed by atoms with Crippen molar-refractivity contribution in [1.29, 1.82) is 0 Å². The maximum absolute atomic E-state index is 12.1. The van der Waals surface area contributed by atoms with Gasteiger partial charge in [0.2, 0.25) is 0 Å². The third kappa shape index (κ3) is 2.58. The van der Waals surface area contributed by atoms with Crippen LogP contribution in [0, 0.1) is 0 Å². The lowest BCUT2D eigenvalue weighted by atomic mass is 10.2. The van der Waals surface area contributed by atoms with Crippen LogP contribution in [-0.4, -0.2) is 9.55 Å². The van der Waals surface area contributed by atoms with Crippen molar-refractivity contribution in [2.45, 2.75) is 6.61 Å². The van der Waals surface area contributed by atoms with Crippen molar-refractivity contribution in [3.05, 3.63) is 74.9 Å². The van der Waals surface area contributed by atoms with Crippen molar-refractivity contribution in [3.63, 3.8) is 0 Å². The lowest BCUT2D eigenvalue weighted by molar-refractivity contribution is 0.306. The van der Waals surface area contributed by atoms with Gasteiger partial charge in [-0.1, -0.05) is 30.3 Å². The molecule has 1 aromatic heterocycles. The molecule has 0 saturated heterocycles. The van der Waals surface area contributed by atoms with E-state index in [-0.39, 0.29) is 5.56 Å². The van der Waals surface area contributed by atoms with Crippen molar-refractivity contribution in [2.75, 3.05) is 0 Å². The van der Waals surface area contributed by atoms with Gasteiger partial charge in [0.1, 0.15) is 12.4 Å². The molecular formula is C16H14N2O3. The SMILES string of the molecule is Cn1c(=O)[nH]c2ccc(OCc3ccccc3)cc2c1=O. The van der Waals surface area contributed by atoms with E-state index in [4.69, 9.17) is 4.74 Å². The summed E-state index contributed by atoms with van der Waals surface area (Å²) in [5.74, 6) is 0.593. The number of hydrogen-bond acceptors (Lipinski definition) is 3. The minimum atomic E-state index is -0.426. The number of rotatable bonds is 3. The van der Waals surface area contributed by atoms with Crippen LogP contribution in [0.5, 0.6) is 5.75 Å². The zero-order valence-electron chi connectivity index (χ0n) is 11.5. The molecule has 0 aliphatic heterocycles. The molecule has 1 N–H and O–H groups in total. The summed E-state index contributed by atoms with van der Waals surface area (Å²) in [6.07, 6.45) is 0. The number of ether oxygens (including phenoxy) is 1. The average molecular weight is 282 g/mol. The van der Waals surface area contributed by atoms with Crippen LogP contribution in [0.4, 0.5) is 0 Å². The van der Waals surface area contributed by atoms with Crippen LogP contribution in [0.1, 0.15) is 5.56 Å². The van der Waals surface area contributed by atoms with Gasteiger partial charge in [0.25, 0.3) is 5.56 Å². The van der Waals surface area contributed by atoms with Crippen LogP contribution in [-0.2, 0) is 13.7 Å². The maximum Gasteiger partial charge on any atom is 0.328 e. The Hall–Kier alpha value is -2.82. The summed E-state index contributed by atoms with van der Waals surface area (Å²) in [6, 6.07) is 14.8. The molecule has 5 heteroatoms. The second-order valence-corrected chi connectivity index (χ2v) is 4.78. The quantitative estimate of drug-likeness (QED) is 0.796. The van der Waals surface area contributed by atoms with Gasteiger partial charge in [-0.25, -0.2) is 4.79 Å². The van der Waals surface area contributed by atoms with Gasteiger partial charge in [0.15, 0.2) is 0 Å². The monoisotopic (exact) mass is 282 g/mol. The molecule has 0 saturated carbocycles. The summed E-state index contributed by atoms with van der Waals surface area (Å²) in [4.78, 5) is 26.2. The topological polar surface area (TPSA) is 64.1 Å². The summed E-state index contributed by atoms with van der Waals surface area (Å²) in [6.45, 7) is 0.427. The fraction of sp³-hybridized carbons (Fsp3) is 0.125. The predicted octanol–water partition coefficient (Wildman–Crippen LogP) is 1.81. The minimum Gasteiger partial charge on any atom is -0.489 e. The molecule has 21 heavy (non-hydrogen) atoms. The molecular weight excluding hydrogens is 268 g/mol. The fourth-order valence-corrected chi connectivity index (χ4v) is 2.11. The molecule has 3 aromatic rings. The molecule has 0 radical (unpaired) electrons. The standard InChI is InChI=1S/C16H14N2O3/c1-18-15(19)13-9-12(7-8-14(13)17-16(18)20)21-10-11-5-3-2-4-6-11/h2-9H,10H2,1H3,(H,17,20). The first-order chi connectivity index (χ1) is 10.1. The van der Waals surface area contributed by atoms with Gasteiger partial charge in [-0.3, -0.25) is 9.36 Å². The van der Waals surface area contributed by atoms with Gasteiger partial charge in [0, 0.05) is 7.05 Å². The smallest absolute Gasteiger partial charge is 0.328 e. The molecule has 0 amide bonds. The van der Waals surface area contributed by atoms with Gasteiger partial charge in [-0.2, -0.15) is 0 Å². The Morgan fingerprint density at radius 3 is 2.62 bits per heavy atom. The number of hydrogen-bond donors (Lipinski definition) is 1. The van der Waals surface area contributed by atoms with Crippen molar-refractivity contribution >= 4 is 10.9 Å². The Morgan fingerprint density at radius 2 is 1.86 bits per heavy atom. The Labute approximate surface area is 120 Å². The number of fused-ring (bicyclic) bond motifs is 1. The van der Waals surface area contributed by atoms with Crippen molar-refractivity contribution in [1.82, 2.24) is 9.55 Å². The van der Waals surface area contributed by atoms with Gasteiger partial charge in [-0.05, 0) is 23.8 Å². The van der Waals surface area contributed by atoms with E-state index in [1.54, 1.807) is 18.2 Å². The maximum atomic E-state index is 12.1. The molecule has 0 unspecified atom stereocenters. The zero-order chi connectivity index (χ0) is 14.8. The first-order valence-corrected chi connectivity index (χ1v) is 6.55. The highest BCUT2D eigenvalue weighted by atomic mass is 16.5. The summed E-state index contributed by atoms with van der Waals surface area (Å²) in [7, 11) is 1.44. The Bertz CT molecular complexity index is 895. The van der Waals surface area contributed by atoms with E-state index < -0.39 is 5.69 Å². The highest BCUT2D eigenvalue weighted by Gasteiger charge is 2.06. The highest BCUT2D eigenvalue weighted by molar-refractivity contribution is 5.78. The summed E-state index contributed by atoms with van der Waals surface area (Å²) < 4.78 is 6.73. The zero-order valence-corrected chi connectivity index (χ0v) is 11.5. The van der Waals surface area contributed by atoms with Crippen molar-refractivity contribution < 1.29 is 4.74 Å². The normalized spacial score (nSPS) is 10.7. The van der Waals surface area contributed by atoms with Crippen LogP contribution in [0.3, 0.4) is 0 Å². The number of benzene rings is 2. The van der Waals surface area contributed by atoms with Crippen LogP contribution in [0.2, 0.25) is 0 Å². The third-order valence-electron chi connectivity index (χ3n) is 3.32. The number of nitrogens with zero attached hydrogens (tertiary/aromatic N) is 1. The predicted molar refractivity (Wildman–Crippen MR) is 80.6 cm³/mol. The number of H-pyrrole nitrogens is 1. The van der Waals surface area contributed by atoms with Gasteiger partial charge in [-0.15, -0.1) is 0 Å². The van der Waals surface area contributed by atoms with E-state index in [0.29, 0.717) is 23.3 Å². The molecule has 0 spiro atoms. The largest absolute Gasteiger partial charge is 0.489 e. The first-order valence-electron chi connectivity index (χ1n) is 6.55. The molecule has 0 aliphatic carbocycles. The molecule has 0 bridgehead atoms. The van der Waals surface area contributed by atoms with Crippen LogP contribution >= 0.6 is 0 Å². The second-order valence-electron chi connectivity index (χ2n) is 4.78. The summed E-state index contributed by atoms with van der Waals surface area (Å²) >= 11 is 0. The van der Waals surface area contributed by atoms with Gasteiger partial charge in [0.05, 0.1) is 10.9 Å². The second kappa shape index (κ2) is 5.28. The number of aromatic nitrogens is 2. The fourth-order valence-electron chi connectivity index (χ4n) is 2.11. The number of aromatic amines is 1. The van der Waals surface area contributed by atoms with E-state index in [2.05, 4.69) is 4.98 Å². The lowest BCUT2D eigenvalue weighted by Gasteiger charge is -2.07. The van der Waals surface area contributed by atoms with E-state index >= 15 is 0 Å². The van der Waals surface area contributed by atoms with E-state index in [1.807, 2.05) is 30.3 Å². The lowest BCUT2D eigenvalue weighted by Crippen LogP contribution is -2.32. The van der Waals surface area contributed by atoms with Crippen molar-refractivity contribution in [3.8, 4) is 5.75 Å². The Kier molecular flexibility index (Phi) is 3.31. The molecule has 106 valence electrons. The molecule has 0 aliphatic rings. The molecule has 0 fully saturated rings. The summed E-state index contributed by atoms with van der Waals surface area (Å²) in [5, 5.41) is 0.433. The first kappa shape index (κ1) is 13.2. The molecule has 5 nitrogen and oxygen atoms in total. The van der Waals surface area contributed by atoms with E-state index in [0.717, 1.165) is 10.1 Å². The Balaban J connectivity index is 1.94. The molecule has 0 atom stereocenters. The Morgan fingerprint density at radius 1 is 1.10 bits per heavy atom. The van der Waals surface area contributed by atoms with Gasteiger partial charge >= 0.3 is 5.69 Å². The van der Waals surface area contributed by atoms with Crippen LogP contribution < -0.4 is 16.0 Å². The average Bonchev–Trinajstić information content (AvgIpc) is 2.52. The van der Waals surface area contributed by atoms with Crippen LogP contribution in [0.25, 0.3) is 10.9 Å². The molecule has 2 aromatic carbocycles. The van der Waals surface area contributed by atoms with Gasteiger partial charge < -0.3 is 9.72 Å². The summed E-state index contributed by atoms with van der Waals surface area (Å²) in [5.41, 5.74) is 0.798. The third-order valence-corrected chi connectivity index (χ3v) is 3.32. The van der Waals surface area contributed by atoms with E-state index in [9.17, 15) is 9.59 Å². The number of nitrogens with one attached hydrogen (secondary N) is 1. The van der Waals surface area contributed by atoms with E-state index in [1.165, 1.54) is 7.05 Å². The molecule has 3 rings (SSSR count). The molecule has 1 heterocycles. The minimum absolute atomic E-state index is 0.334.